The van der Waals surface area contributed by atoms with E-state index >= 15 is 0 Å². The van der Waals surface area contributed by atoms with E-state index in [1.54, 1.807) is 13.8 Å². The van der Waals surface area contributed by atoms with Crippen molar-refractivity contribution >= 4 is 11.9 Å². The van der Waals surface area contributed by atoms with Crippen molar-refractivity contribution in [3.63, 3.8) is 0 Å². The third-order valence-electron chi connectivity index (χ3n) is 2.36. The zero-order chi connectivity index (χ0) is 13.3. The van der Waals surface area contributed by atoms with Gasteiger partial charge in [-0.15, -0.1) is 0 Å². The summed E-state index contributed by atoms with van der Waals surface area (Å²) < 4.78 is 4.93. The molecule has 0 aliphatic carbocycles. The number of rotatable bonds is 8. The van der Waals surface area contributed by atoms with Crippen LogP contribution in [0.5, 0.6) is 0 Å². The van der Waals surface area contributed by atoms with E-state index in [0.717, 1.165) is 19.3 Å². The van der Waals surface area contributed by atoms with E-state index in [4.69, 9.17) is 4.74 Å². The van der Waals surface area contributed by atoms with Crippen LogP contribution < -0.4 is 5.32 Å². The summed E-state index contributed by atoms with van der Waals surface area (Å²) in [7, 11) is 0. The second-order valence-electron chi connectivity index (χ2n) is 4.05. The minimum Gasteiger partial charge on any atom is -0.464 e. The fourth-order valence-electron chi connectivity index (χ4n) is 1.37. The predicted octanol–water partition coefficient (Wildman–Crippen LogP) is 2.19. The standard InChI is InChI=1S/C13H23NO3/c1-5-7-8-9-11(13(16)17-6-2)14-12(15)10(3)4/h11H,3,5-9H2,1-2,4H3,(H,14,15). The molecular weight excluding hydrogens is 218 g/mol. The summed E-state index contributed by atoms with van der Waals surface area (Å²) in [5, 5.41) is 2.65. The normalized spacial score (nSPS) is 11.7. The van der Waals surface area contributed by atoms with E-state index in [1.165, 1.54) is 0 Å². The lowest BCUT2D eigenvalue weighted by molar-refractivity contribution is -0.147. The smallest absolute Gasteiger partial charge is 0.328 e. The molecule has 0 aromatic carbocycles. The molecule has 0 bridgehead atoms. The Balaban J connectivity index is 4.33. The van der Waals surface area contributed by atoms with Crippen LogP contribution in [0.3, 0.4) is 0 Å². The molecule has 1 unspecified atom stereocenters. The van der Waals surface area contributed by atoms with Crippen LogP contribution in [-0.2, 0) is 14.3 Å². The molecule has 17 heavy (non-hydrogen) atoms. The maximum absolute atomic E-state index is 11.6. The summed E-state index contributed by atoms with van der Waals surface area (Å²) in [5.41, 5.74) is 0.398. The molecule has 1 N–H and O–H groups in total. The lowest BCUT2D eigenvalue weighted by Crippen LogP contribution is -2.42. The number of unbranched alkanes of at least 4 members (excludes halogenated alkanes) is 2. The second-order valence-corrected chi connectivity index (χ2v) is 4.05. The number of hydrogen-bond donors (Lipinski definition) is 1. The van der Waals surface area contributed by atoms with Crippen LogP contribution in [0.1, 0.15) is 46.5 Å². The van der Waals surface area contributed by atoms with Gasteiger partial charge < -0.3 is 10.1 Å². The molecule has 0 saturated heterocycles. The molecule has 0 rings (SSSR count). The van der Waals surface area contributed by atoms with Gasteiger partial charge in [-0.05, 0) is 20.3 Å². The number of amides is 1. The van der Waals surface area contributed by atoms with Gasteiger partial charge in [-0.1, -0.05) is 32.8 Å². The Hall–Kier alpha value is -1.32. The zero-order valence-electron chi connectivity index (χ0n) is 11.0. The molecule has 0 aromatic rings. The van der Waals surface area contributed by atoms with Crippen LogP contribution in [0.15, 0.2) is 12.2 Å². The third kappa shape index (κ3) is 6.76. The topological polar surface area (TPSA) is 55.4 Å². The van der Waals surface area contributed by atoms with Crippen molar-refractivity contribution in [3.05, 3.63) is 12.2 Å². The van der Waals surface area contributed by atoms with Gasteiger partial charge in [-0.25, -0.2) is 4.79 Å². The van der Waals surface area contributed by atoms with E-state index in [0.29, 0.717) is 18.6 Å². The summed E-state index contributed by atoms with van der Waals surface area (Å²) in [4.78, 5) is 23.1. The molecule has 0 radical (unpaired) electrons. The molecule has 0 aliphatic rings. The number of esters is 1. The highest BCUT2D eigenvalue weighted by Gasteiger charge is 2.21. The fraction of sp³-hybridized carbons (Fsp3) is 0.692. The molecule has 1 amide bonds. The maximum Gasteiger partial charge on any atom is 0.328 e. The molecule has 0 spiro atoms. The highest BCUT2D eigenvalue weighted by atomic mass is 16.5. The quantitative estimate of drug-likeness (QED) is 0.402. The molecule has 0 heterocycles. The minimum absolute atomic E-state index is 0.292. The Labute approximate surface area is 103 Å². The van der Waals surface area contributed by atoms with Crippen LogP contribution >= 0.6 is 0 Å². The highest BCUT2D eigenvalue weighted by molar-refractivity contribution is 5.95. The van der Waals surface area contributed by atoms with E-state index in [1.807, 2.05) is 0 Å². The van der Waals surface area contributed by atoms with Crippen molar-refractivity contribution in [2.24, 2.45) is 0 Å². The van der Waals surface area contributed by atoms with Gasteiger partial charge in [0.1, 0.15) is 6.04 Å². The Kier molecular flexibility index (Phi) is 8.11. The molecule has 4 nitrogen and oxygen atoms in total. The monoisotopic (exact) mass is 241 g/mol. The van der Waals surface area contributed by atoms with Crippen molar-refractivity contribution in [1.82, 2.24) is 5.32 Å². The summed E-state index contributed by atoms with van der Waals surface area (Å²) in [6.45, 7) is 9.33. The van der Waals surface area contributed by atoms with Gasteiger partial charge in [-0.3, -0.25) is 4.79 Å². The molecule has 98 valence electrons. The molecule has 0 aliphatic heterocycles. The van der Waals surface area contributed by atoms with Crippen molar-refractivity contribution in [2.75, 3.05) is 6.61 Å². The summed E-state index contributed by atoms with van der Waals surface area (Å²) in [5.74, 6) is -0.655. The molecule has 0 aromatic heterocycles. The van der Waals surface area contributed by atoms with Gasteiger partial charge in [0.25, 0.3) is 0 Å². The first-order valence-corrected chi connectivity index (χ1v) is 6.15. The Bertz CT molecular complexity index is 274. The number of carbonyl (C=O) groups is 2. The number of hydrogen-bond acceptors (Lipinski definition) is 3. The van der Waals surface area contributed by atoms with Crippen molar-refractivity contribution in [1.29, 1.82) is 0 Å². The lowest BCUT2D eigenvalue weighted by atomic mass is 10.1. The van der Waals surface area contributed by atoms with Gasteiger partial charge in [0, 0.05) is 5.57 Å². The Morgan fingerprint density at radius 1 is 1.29 bits per heavy atom. The summed E-state index contributed by atoms with van der Waals surface area (Å²) in [6.07, 6.45) is 3.63. The first-order valence-electron chi connectivity index (χ1n) is 6.15. The number of ether oxygens (including phenoxy) is 1. The van der Waals surface area contributed by atoms with Gasteiger partial charge in [0.05, 0.1) is 6.61 Å². The molecule has 0 fully saturated rings. The number of carbonyl (C=O) groups excluding carboxylic acids is 2. The van der Waals surface area contributed by atoms with Gasteiger partial charge in [0.15, 0.2) is 0 Å². The highest BCUT2D eigenvalue weighted by Crippen LogP contribution is 2.06. The van der Waals surface area contributed by atoms with E-state index < -0.39 is 6.04 Å². The van der Waals surface area contributed by atoms with Crippen LogP contribution in [0.2, 0.25) is 0 Å². The largest absolute Gasteiger partial charge is 0.464 e. The molecule has 1 atom stereocenters. The Morgan fingerprint density at radius 3 is 2.41 bits per heavy atom. The van der Waals surface area contributed by atoms with Crippen LogP contribution in [-0.4, -0.2) is 24.5 Å². The van der Waals surface area contributed by atoms with Crippen molar-refractivity contribution in [3.8, 4) is 0 Å². The average Bonchev–Trinajstić information content (AvgIpc) is 2.27. The average molecular weight is 241 g/mol. The first kappa shape index (κ1) is 15.7. The van der Waals surface area contributed by atoms with Crippen LogP contribution in [0.4, 0.5) is 0 Å². The van der Waals surface area contributed by atoms with Gasteiger partial charge in [-0.2, -0.15) is 0 Å². The van der Waals surface area contributed by atoms with Crippen LogP contribution in [0, 0.1) is 0 Å². The maximum atomic E-state index is 11.6. The number of nitrogens with one attached hydrogen (secondary N) is 1. The summed E-state index contributed by atoms with van der Waals surface area (Å²) >= 11 is 0. The second kappa shape index (κ2) is 8.79. The molecular formula is C13H23NO3. The summed E-state index contributed by atoms with van der Waals surface area (Å²) in [6, 6.07) is -0.550. The van der Waals surface area contributed by atoms with Gasteiger partial charge in [0.2, 0.25) is 5.91 Å². The van der Waals surface area contributed by atoms with Crippen molar-refractivity contribution in [2.45, 2.75) is 52.5 Å². The Morgan fingerprint density at radius 2 is 1.94 bits per heavy atom. The molecule has 0 saturated carbocycles. The van der Waals surface area contributed by atoms with E-state index in [-0.39, 0.29) is 11.9 Å². The SMILES string of the molecule is C=C(C)C(=O)NC(CCCCC)C(=O)OCC. The minimum atomic E-state index is -0.550. The fourth-order valence-corrected chi connectivity index (χ4v) is 1.37. The van der Waals surface area contributed by atoms with E-state index in [9.17, 15) is 9.59 Å². The third-order valence-corrected chi connectivity index (χ3v) is 2.36. The van der Waals surface area contributed by atoms with Crippen LogP contribution in [0.25, 0.3) is 0 Å². The van der Waals surface area contributed by atoms with Crippen molar-refractivity contribution < 1.29 is 14.3 Å². The van der Waals surface area contributed by atoms with Gasteiger partial charge >= 0.3 is 5.97 Å². The van der Waals surface area contributed by atoms with E-state index in [2.05, 4.69) is 18.8 Å². The first-order chi connectivity index (χ1) is 8.02. The lowest BCUT2D eigenvalue weighted by Gasteiger charge is -2.17. The zero-order valence-corrected chi connectivity index (χ0v) is 11.0. The predicted molar refractivity (Wildman–Crippen MR) is 67.5 cm³/mol. The molecule has 4 heteroatoms.